The summed E-state index contributed by atoms with van der Waals surface area (Å²) >= 11 is 0. The molecule has 1 aromatic rings. The first kappa shape index (κ1) is 23.2. The number of sulfone groups is 1. The number of nitrogens with zero attached hydrogens (tertiary/aromatic N) is 1. The maximum absolute atomic E-state index is 13.0. The quantitative estimate of drug-likeness (QED) is 0.744. The Hall–Kier alpha value is -2.10. The van der Waals surface area contributed by atoms with Gasteiger partial charge in [0.25, 0.3) is 0 Å². The molecule has 1 aromatic carbocycles. The van der Waals surface area contributed by atoms with Crippen LogP contribution in [0.25, 0.3) is 0 Å². The highest BCUT2D eigenvalue weighted by Gasteiger charge is 2.37. The van der Waals surface area contributed by atoms with Gasteiger partial charge in [0.2, 0.25) is 11.8 Å². The molecule has 0 aliphatic carbocycles. The molecule has 1 saturated heterocycles. The molecule has 1 unspecified atom stereocenters. The molecule has 1 fully saturated rings. The van der Waals surface area contributed by atoms with Crippen molar-refractivity contribution < 1.29 is 31.2 Å². The molecule has 1 atom stereocenters. The maximum Gasteiger partial charge on any atom is 0.416 e. The van der Waals surface area contributed by atoms with Gasteiger partial charge in [-0.05, 0) is 38.8 Å². The van der Waals surface area contributed by atoms with Gasteiger partial charge in [0, 0.05) is 12.6 Å². The van der Waals surface area contributed by atoms with Crippen LogP contribution in [0, 0.1) is 0 Å². The van der Waals surface area contributed by atoms with Crippen LogP contribution in [0.3, 0.4) is 0 Å². The number of nitrogens with one attached hydrogen (secondary N) is 1. The summed E-state index contributed by atoms with van der Waals surface area (Å²) in [6, 6.07) is 4.08. The predicted octanol–water partition coefficient (Wildman–Crippen LogP) is 2.13. The fourth-order valence-electron chi connectivity index (χ4n) is 3.29. The minimum atomic E-state index is -4.53. The van der Waals surface area contributed by atoms with E-state index in [1.165, 1.54) is 30.9 Å². The van der Waals surface area contributed by atoms with E-state index in [1.807, 2.05) is 0 Å². The fraction of sp³-hybridized carbons (Fsp3) is 0.579. The molecule has 6 nitrogen and oxygen atoms in total. The van der Waals surface area contributed by atoms with Gasteiger partial charge in [0.15, 0.2) is 9.84 Å². The van der Waals surface area contributed by atoms with E-state index in [0.717, 1.165) is 12.1 Å². The van der Waals surface area contributed by atoms with Crippen molar-refractivity contribution in [3.05, 3.63) is 35.4 Å². The molecule has 0 radical (unpaired) electrons. The first-order valence-corrected chi connectivity index (χ1v) is 11.1. The van der Waals surface area contributed by atoms with Crippen molar-refractivity contribution in [2.75, 3.05) is 24.6 Å². The molecule has 10 heteroatoms. The summed E-state index contributed by atoms with van der Waals surface area (Å²) in [6.45, 7) is 4.56. The summed E-state index contributed by atoms with van der Waals surface area (Å²) in [5, 5.41) is 2.61. The molecule has 0 bridgehead atoms. The molecule has 0 spiro atoms. The lowest BCUT2D eigenvalue weighted by molar-refractivity contribution is -0.140. The standard InChI is InChI=1S/C19H25F3N2O4S/c1-4-24(11-16(25)23-15-8-9-29(27,28)12-15)17(26)18(2,3)13-6-5-7-14(10-13)19(20,21)22/h5-7,10,15H,4,8-9,11-12H2,1-3H3,(H,23,25). The zero-order valence-electron chi connectivity index (χ0n) is 16.5. The van der Waals surface area contributed by atoms with Crippen LogP contribution in [-0.4, -0.2) is 55.8 Å². The second-order valence-corrected chi connectivity index (χ2v) is 9.92. The number of carbonyl (C=O) groups excluding carboxylic acids is 2. The van der Waals surface area contributed by atoms with Crippen molar-refractivity contribution in [3.63, 3.8) is 0 Å². The van der Waals surface area contributed by atoms with Crippen LogP contribution in [0.1, 0.15) is 38.3 Å². The molecule has 2 rings (SSSR count). The van der Waals surface area contributed by atoms with E-state index in [-0.39, 0.29) is 30.2 Å². The summed E-state index contributed by atoms with van der Waals surface area (Å²) in [6.07, 6.45) is -4.20. The van der Waals surface area contributed by atoms with Crippen molar-refractivity contribution in [2.45, 2.75) is 44.8 Å². The SMILES string of the molecule is CCN(CC(=O)NC1CCS(=O)(=O)C1)C(=O)C(C)(C)c1cccc(C(F)(F)F)c1. The molecule has 29 heavy (non-hydrogen) atoms. The number of rotatable bonds is 6. The Morgan fingerprint density at radius 3 is 2.34 bits per heavy atom. The minimum absolute atomic E-state index is 0.0109. The van der Waals surface area contributed by atoms with E-state index in [9.17, 15) is 31.2 Å². The van der Waals surface area contributed by atoms with Gasteiger partial charge >= 0.3 is 6.18 Å². The molecular formula is C19H25F3N2O4S. The highest BCUT2D eigenvalue weighted by atomic mass is 32.2. The Morgan fingerprint density at radius 1 is 1.21 bits per heavy atom. The van der Waals surface area contributed by atoms with Gasteiger partial charge in [-0.25, -0.2) is 8.42 Å². The van der Waals surface area contributed by atoms with Gasteiger partial charge in [-0.3, -0.25) is 9.59 Å². The maximum atomic E-state index is 13.0. The van der Waals surface area contributed by atoms with Gasteiger partial charge in [-0.2, -0.15) is 13.2 Å². The first-order chi connectivity index (χ1) is 13.3. The van der Waals surface area contributed by atoms with E-state index in [1.54, 1.807) is 6.92 Å². The van der Waals surface area contributed by atoms with Crippen LogP contribution in [-0.2, 0) is 31.0 Å². The van der Waals surface area contributed by atoms with Crippen molar-refractivity contribution in [2.24, 2.45) is 0 Å². The molecule has 162 valence electrons. The smallest absolute Gasteiger partial charge is 0.351 e. The van der Waals surface area contributed by atoms with E-state index in [4.69, 9.17) is 0 Å². The number of benzene rings is 1. The number of hydrogen-bond donors (Lipinski definition) is 1. The second kappa shape index (κ2) is 8.33. The van der Waals surface area contributed by atoms with Crippen molar-refractivity contribution >= 4 is 21.7 Å². The third-order valence-corrected chi connectivity index (χ3v) is 6.82. The highest BCUT2D eigenvalue weighted by Crippen LogP contribution is 2.33. The summed E-state index contributed by atoms with van der Waals surface area (Å²) in [5.41, 5.74) is -1.94. The number of hydrogen-bond acceptors (Lipinski definition) is 4. The number of likely N-dealkylation sites (N-methyl/N-ethyl adjacent to an activating group) is 1. The van der Waals surface area contributed by atoms with Crippen LogP contribution < -0.4 is 5.32 Å². The van der Waals surface area contributed by atoms with Crippen LogP contribution >= 0.6 is 0 Å². The van der Waals surface area contributed by atoms with E-state index in [2.05, 4.69) is 5.32 Å². The third kappa shape index (κ3) is 5.71. The number of carbonyl (C=O) groups is 2. The summed E-state index contributed by atoms with van der Waals surface area (Å²) in [5.74, 6) is -1.11. The lowest BCUT2D eigenvalue weighted by atomic mass is 9.82. The first-order valence-electron chi connectivity index (χ1n) is 9.23. The molecule has 1 heterocycles. The van der Waals surface area contributed by atoms with Crippen molar-refractivity contribution in [3.8, 4) is 0 Å². The Kier molecular flexibility index (Phi) is 6.66. The number of amides is 2. The Morgan fingerprint density at radius 2 is 1.83 bits per heavy atom. The largest absolute Gasteiger partial charge is 0.416 e. The Labute approximate surface area is 168 Å². The Balaban J connectivity index is 2.12. The topological polar surface area (TPSA) is 83.6 Å². The molecule has 0 saturated carbocycles. The van der Waals surface area contributed by atoms with Crippen molar-refractivity contribution in [1.29, 1.82) is 0 Å². The average molecular weight is 434 g/mol. The average Bonchev–Trinajstić information content (AvgIpc) is 2.96. The van der Waals surface area contributed by atoms with Gasteiger partial charge in [0.1, 0.15) is 0 Å². The minimum Gasteiger partial charge on any atom is -0.351 e. The van der Waals surface area contributed by atoms with E-state index >= 15 is 0 Å². The lowest BCUT2D eigenvalue weighted by Crippen LogP contribution is -2.49. The highest BCUT2D eigenvalue weighted by molar-refractivity contribution is 7.91. The number of halogens is 3. The molecular weight excluding hydrogens is 409 g/mol. The second-order valence-electron chi connectivity index (χ2n) is 7.69. The van der Waals surface area contributed by atoms with Gasteiger partial charge in [0.05, 0.1) is 29.0 Å². The summed E-state index contributed by atoms with van der Waals surface area (Å²) < 4.78 is 62.0. The third-order valence-electron chi connectivity index (χ3n) is 5.05. The fourth-order valence-corrected chi connectivity index (χ4v) is 4.96. The van der Waals surface area contributed by atoms with Gasteiger partial charge in [-0.1, -0.05) is 18.2 Å². The Bertz CT molecular complexity index is 882. The van der Waals surface area contributed by atoms with Crippen LogP contribution in [0.4, 0.5) is 13.2 Å². The van der Waals surface area contributed by atoms with Crippen LogP contribution in [0.2, 0.25) is 0 Å². The van der Waals surface area contributed by atoms with E-state index in [0.29, 0.717) is 6.42 Å². The molecule has 1 aliphatic heterocycles. The summed E-state index contributed by atoms with van der Waals surface area (Å²) in [7, 11) is -3.15. The zero-order valence-corrected chi connectivity index (χ0v) is 17.4. The normalized spacial score (nSPS) is 19.0. The van der Waals surface area contributed by atoms with E-state index < -0.39 is 44.8 Å². The molecule has 1 N–H and O–H groups in total. The number of alkyl halides is 3. The van der Waals surface area contributed by atoms with Crippen LogP contribution in [0.5, 0.6) is 0 Å². The summed E-state index contributed by atoms with van der Waals surface area (Å²) in [4.78, 5) is 26.5. The molecule has 2 amide bonds. The molecule has 0 aromatic heterocycles. The molecule has 1 aliphatic rings. The van der Waals surface area contributed by atoms with Crippen molar-refractivity contribution in [1.82, 2.24) is 10.2 Å². The lowest BCUT2D eigenvalue weighted by Gasteiger charge is -2.32. The predicted molar refractivity (Wildman–Crippen MR) is 102 cm³/mol. The monoisotopic (exact) mass is 434 g/mol. The van der Waals surface area contributed by atoms with Gasteiger partial charge < -0.3 is 10.2 Å². The van der Waals surface area contributed by atoms with Gasteiger partial charge in [-0.15, -0.1) is 0 Å². The van der Waals surface area contributed by atoms with Crippen LogP contribution in [0.15, 0.2) is 24.3 Å². The zero-order chi connectivity index (χ0) is 22.0.